The van der Waals surface area contributed by atoms with E-state index in [9.17, 15) is 0 Å². The van der Waals surface area contributed by atoms with Crippen molar-refractivity contribution in [1.82, 2.24) is 0 Å². The average Bonchev–Trinajstić information content (AvgIpc) is 1.53. The number of rotatable bonds is 17. The Hall–Kier alpha value is -13.4. The first-order valence-corrected chi connectivity index (χ1v) is 37.2. The maximum Gasteiger partial charge on any atom is 0.127 e. The van der Waals surface area contributed by atoms with Gasteiger partial charge in [-0.25, -0.2) is 8.78 Å². The van der Waals surface area contributed by atoms with Crippen molar-refractivity contribution in [1.29, 1.82) is 0 Å². The Balaban J connectivity index is 0.677. The minimum Gasteiger partial charge on any atom is -0.457 e. The van der Waals surface area contributed by atoms with Crippen LogP contribution in [0.2, 0.25) is 0 Å². The summed E-state index contributed by atoms with van der Waals surface area (Å²) in [6.45, 7) is 0. The van der Waals surface area contributed by atoms with Crippen LogP contribution in [0.25, 0.3) is 55.6 Å². The number of ether oxygens (including phenoxy) is 2. The SMILES string of the molecule is Fc1cccc(N(c2ccc(-c3ccc(N(c4cccc(F)c4)c4ccc5c(c4)C(c4ccccc4)(c4ccc(Oc6ccc7c(c6)CC7)cc4)c4cc(-c6ccccc6)ccc4-5)cc3)cc2)c2ccc3c(c2)C(c2ccccc2)(c2ccc(Oc4ccc5c(c4)CC5)cc2)c2cc(-c4ccccc4)ccc2-3)c1. The maximum atomic E-state index is 15.9. The maximum absolute atomic E-state index is 15.9. The molecule has 20 rings (SSSR count). The van der Waals surface area contributed by atoms with Gasteiger partial charge in [-0.05, 0) is 294 Å². The van der Waals surface area contributed by atoms with Crippen molar-refractivity contribution < 1.29 is 18.3 Å². The predicted octanol–water partition coefficient (Wildman–Crippen LogP) is 26.4. The van der Waals surface area contributed by atoms with Crippen LogP contribution >= 0.6 is 0 Å². The van der Waals surface area contributed by atoms with Crippen LogP contribution in [0.3, 0.4) is 0 Å². The second-order valence-electron chi connectivity index (χ2n) is 28.8. The predicted molar refractivity (Wildman–Crippen MR) is 434 cm³/mol. The molecule has 0 saturated carbocycles. The number of fused-ring (bicyclic) bond motifs is 8. The van der Waals surface area contributed by atoms with Crippen LogP contribution in [0.15, 0.2) is 376 Å². The van der Waals surface area contributed by atoms with E-state index in [4.69, 9.17) is 9.47 Å². The van der Waals surface area contributed by atoms with Crippen molar-refractivity contribution in [3.05, 3.63) is 455 Å². The molecule has 16 aromatic carbocycles. The van der Waals surface area contributed by atoms with Gasteiger partial charge in [0.25, 0.3) is 0 Å². The zero-order valence-electron chi connectivity index (χ0n) is 59.1. The van der Waals surface area contributed by atoms with Crippen LogP contribution in [0.1, 0.15) is 66.8 Å². The summed E-state index contributed by atoms with van der Waals surface area (Å²) >= 11 is 0. The average molecular weight is 1390 g/mol. The van der Waals surface area contributed by atoms with Crippen molar-refractivity contribution in [3.63, 3.8) is 0 Å². The number of nitrogens with zero attached hydrogens (tertiary/aromatic N) is 2. The Morgan fingerprint density at radius 2 is 0.519 bits per heavy atom. The molecule has 0 aromatic heterocycles. The van der Waals surface area contributed by atoms with Crippen LogP contribution < -0.4 is 19.3 Å². The molecular formula is C102H70F2N2O2. The summed E-state index contributed by atoms with van der Waals surface area (Å²) in [7, 11) is 0. The van der Waals surface area contributed by atoms with Gasteiger partial charge in [0.1, 0.15) is 34.6 Å². The van der Waals surface area contributed by atoms with Crippen LogP contribution in [0.4, 0.5) is 42.9 Å². The van der Waals surface area contributed by atoms with Crippen molar-refractivity contribution in [2.75, 3.05) is 9.80 Å². The van der Waals surface area contributed by atoms with Gasteiger partial charge in [0.15, 0.2) is 0 Å². The van der Waals surface area contributed by atoms with Gasteiger partial charge in [-0.3, -0.25) is 0 Å². The zero-order chi connectivity index (χ0) is 71.9. The summed E-state index contributed by atoms with van der Waals surface area (Å²) in [5, 5.41) is 0. The molecule has 4 aliphatic carbocycles. The van der Waals surface area contributed by atoms with Gasteiger partial charge >= 0.3 is 0 Å². The molecule has 4 aliphatic rings. The quantitative estimate of drug-likeness (QED) is 0.0907. The van der Waals surface area contributed by atoms with Crippen molar-refractivity contribution in [3.8, 4) is 78.6 Å². The molecule has 0 heterocycles. The first-order valence-electron chi connectivity index (χ1n) is 37.2. The third-order valence-corrected chi connectivity index (χ3v) is 22.8. The Morgan fingerprint density at radius 1 is 0.213 bits per heavy atom. The Labute approximate surface area is 628 Å². The summed E-state index contributed by atoms with van der Waals surface area (Å²) in [5.74, 6) is 2.53. The number of benzene rings is 16. The molecule has 4 nitrogen and oxygen atoms in total. The van der Waals surface area contributed by atoms with Crippen molar-refractivity contribution >= 4 is 34.1 Å². The minimum atomic E-state index is -0.798. The first-order chi connectivity index (χ1) is 53.3. The molecule has 2 unspecified atom stereocenters. The summed E-state index contributed by atoms with van der Waals surface area (Å²) in [5.41, 5.74) is 28.7. The molecule has 16 aromatic rings. The monoisotopic (exact) mass is 1390 g/mol. The Morgan fingerprint density at radius 3 is 0.880 bits per heavy atom. The van der Waals surface area contributed by atoms with E-state index >= 15 is 8.78 Å². The van der Waals surface area contributed by atoms with Crippen molar-refractivity contribution in [2.24, 2.45) is 0 Å². The molecular weight excluding hydrogens is 1320 g/mol. The zero-order valence-corrected chi connectivity index (χ0v) is 59.1. The summed E-state index contributed by atoms with van der Waals surface area (Å²) in [6.07, 6.45) is 4.38. The highest BCUT2D eigenvalue weighted by Crippen LogP contribution is 2.61. The molecule has 0 saturated heterocycles. The highest BCUT2D eigenvalue weighted by Gasteiger charge is 2.49. The van der Waals surface area contributed by atoms with Gasteiger partial charge in [0, 0.05) is 34.1 Å². The molecule has 0 radical (unpaired) electrons. The first kappa shape index (κ1) is 64.2. The molecule has 0 fully saturated rings. The fourth-order valence-corrected chi connectivity index (χ4v) is 17.5. The van der Waals surface area contributed by atoms with E-state index in [2.05, 4.69) is 337 Å². The molecule has 0 aliphatic heterocycles. The van der Waals surface area contributed by atoms with Crippen molar-refractivity contribution in [2.45, 2.75) is 36.5 Å². The van der Waals surface area contributed by atoms with E-state index in [1.54, 1.807) is 24.3 Å². The van der Waals surface area contributed by atoms with Gasteiger partial charge in [0.05, 0.1) is 10.8 Å². The summed E-state index contributed by atoms with van der Waals surface area (Å²) in [6, 6.07) is 131. The van der Waals surface area contributed by atoms with Gasteiger partial charge < -0.3 is 19.3 Å². The molecule has 0 amide bonds. The number of anilines is 6. The van der Waals surface area contributed by atoms with Crippen LogP contribution in [-0.4, -0.2) is 0 Å². The van der Waals surface area contributed by atoms with Gasteiger partial charge in [0.2, 0.25) is 0 Å². The second-order valence-corrected chi connectivity index (χ2v) is 28.8. The minimum absolute atomic E-state index is 0.335. The third-order valence-electron chi connectivity index (χ3n) is 22.8. The van der Waals surface area contributed by atoms with E-state index in [1.165, 1.54) is 45.5 Å². The highest BCUT2D eigenvalue weighted by molar-refractivity contribution is 5.94. The van der Waals surface area contributed by atoms with E-state index in [1.807, 2.05) is 12.1 Å². The van der Waals surface area contributed by atoms with E-state index in [-0.39, 0.29) is 11.6 Å². The van der Waals surface area contributed by atoms with Crippen LogP contribution in [0, 0.1) is 11.6 Å². The fourth-order valence-electron chi connectivity index (χ4n) is 17.5. The molecule has 0 spiro atoms. The fraction of sp³-hybridized carbons (Fsp3) is 0.0588. The summed E-state index contributed by atoms with van der Waals surface area (Å²) < 4.78 is 45.0. The molecule has 0 N–H and O–H groups in total. The lowest BCUT2D eigenvalue weighted by atomic mass is 9.67. The third kappa shape index (κ3) is 10.9. The number of aryl methyl sites for hydroxylation is 4. The van der Waals surface area contributed by atoms with Gasteiger partial charge in [-0.1, -0.05) is 231 Å². The molecule has 108 heavy (non-hydrogen) atoms. The lowest BCUT2D eigenvalue weighted by molar-refractivity contribution is 0.480. The normalized spacial score (nSPS) is 15.2. The summed E-state index contributed by atoms with van der Waals surface area (Å²) in [4.78, 5) is 4.32. The number of hydrogen-bond acceptors (Lipinski definition) is 4. The van der Waals surface area contributed by atoms with Crippen LogP contribution in [-0.2, 0) is 36.5 Å². The van der Waals surface area contributed by atoms with E-state index < -0.39 is 10.8 Å². The number of hydrogen-bond donors (Lipinski definition) is 0. The standard InChI is InChI=1S/C102H70F2N2O2/c103-81-23-13-25-85(63-81)105(87-47-57-95-93-55-37-75(67-15-5-1-6-16-67)61-97(93)101(99(95)65-87,77-19-9-3-10-20-77)79-39-51-89(52-40-79)107-91-49-35-71-27-29-73(71)59-91)83-43-31-69(32-44-83)70-33-45-84(46-34-70)106(86-26-14-24-82(104)64-86)88-48-58-96-94-56-38-76(68-17-7-2-8-18-68)62-98(94)102(100(96)66-88,78-21-11-4-12-22-78)80-41-53-90(54-42-80)108-92-50-36-72-28-30-74(72)60-92/h1-26,31-66H,27-30H2. The molecule has 2 atom stereocenters. The number of halogens is 2. The largest absolute Gasteiger partial charge is 0.457 e. The lowest BCUT2D eigenvalue weighted by Gasteiger charge is -2.35. The van der Waals surface area contributed by atoms with E-state index in [0.717, 1.165) is 160 Å². The smallest absolute Gasteiger partial charge is 0.127 e. The van der Waals surface area contributed by atoms with Crippen LogP contribution in [0.5, 0.6) is 23.0 Å². The molecule has 514 valence electrons. The topological polar surface area (TPSA) is 24.9 Å². The second kappa shape index (κ2) is 26.3. The molecule has 6 heteroatoms. The highest BCUT2D eigenvalue weighted by atomic mass is 19.1. The Bertz CT molecular complexity index is 5750. The molecule has 0 bridgehead atoms. The van der Waals surface area contributed by atoms with Gasteiger partial charge in [-0.2, -0.15) is 0 Å². The Kier molecular flexibility index (Phi) is 15.6. The lowest BCUT2D eigenvalue weighted by Crippen LogP contribution is -2.29. The van der Waals surface area contributed by atoms with Gasteiger partial charge in [-0.15, -0.1) is 0 Å². The van der Waals surface area contributed by atoms with E-state index in [0.29, 0.717) is 11.4 Å².